The molecule has 1 N–H and O–H groups in total. The number of halogens is 2. The largest absolute Gasteiger partial charge is 0.310 e. The van der Waals surface area contributed by atoms with Crippen molar-refractivity contribution < 1.29 is 0 Å². The number of hydrogen-bond donors (Lipinski definition) is 1. The molecular weight excluding hydrogens is 397 g/mol. The lowest BCUT2D eigenvalue weighted by Gasteiger charge is -2.20. The van der Waals surface area contributed by atoms with E-state index >= 15 is 0 Å². The van der Waals surface area contributed by atoms with Crippen LogP contribution in [0.2, 0.25) is 5.15 Å². The molecule has 0 aliphatic carbocycles. The van der Waals surface area contributed by atoms with Gasteiger partial charge in [0, 0.05) is 22.2 Å². The fraction of sp³-hybridized carbons (Fsp3) is 0.438. The van der Waals surface area contributed by atoms with Crippen molar-refractivity contribution in [3.8, 4) is 0 Å². The minimum Gasteiger partial charge on any atom is -0.310 e. The predicted molar refractivity (Wildman–Crippen MR) is 96.9 cm³/mol. The van der Waals surface area contributed by atoms with E-state index in [0.717, 1.165) is 35.8 Å². The molecule has 1 aromatic carbocycles. The Bertz CT molecular complexity index is 610. The van der Waals surface area contributed by atoms with Crippen LogP contribution in [0.15, 0.2) is 24.3 Å². The fourth-order valence-corrected chi connectivity index (χ4v) is 3.49. The average Bonchev–Trinajstić information content (AvgIpc) is 2.70. The van der Waals surface area contributed by atoms with Crippen molar-refractivity contribution >= 4 is 34.2 Å². The summed E-state index contributed by atoms with van der Waals surface area (Å²) in [5.41, 5.74) is 3.47. The first-order chi connectivity index (χ1) is 10.0. The van der Waals surface area contributed by atoms with Crippen LogP contribution in [-0.2, 0) is 13.5 Å². The van der Waals surface area contributed by atoms with E-state index in [0.29, 0.717) is 0 Å². The Morgan fingerprint density at radius 1 is 1.38 bits per heavy atom. The van der Waals surface area contributed by atoms with Gasteiger partial charge in [-0.15, -0.1) is 0 Å². The minimum atomic E-state index is 0.262. The van der Waals surface area contributed by atoms with E-state index in [4.69, 9.17) is 11.6 Å². The van der Waals surface area contributed by atoms with Gasteiger partial charge in [0.2, 0.25) is 0 Å². The smallest absolute Gasteiger partial charge is 0.130 e. The maximum atomic E-state index is 6.39. The Morgan fingerprint density at radius 2 is 2.10 bits per heavy atom. The van der Waals surface area contributed by atoms with Crippen molar-refractivity contribution in [3.63, 3.8) is 0 Å². The molecule has 2 aromatic rings. The van der Waals surface area contributed by atoms with E-state index in [1.165, 1.54) is 9.13 Å². The molecule has 0 spiro atoms. The van der Waals surface area contributed by atoms with Crippen LogP contribution in [-0.4, -0.2) is 16.3 Å². The summed E-state index contributed by atoms with van der Waals surface area (Å²) in [5.74, 6) is 0. The van der Waals surface area contributed by atoms with Crippen molar-refractivity contribution in [2.45, 2.75) is 32.7 Å². The summed E-state index contributed by atoms with van der Waals surface area (Å²) in [4.78, 5) is 0. The molecule has 1 heterocycles. The third-order valence-corrected chi connectivity index (χ3v) is 5.05. The van der Waals surface area contributed by atoms with Gasteiger partial charge in [-0.05, 0) is 60.5 Å². The van der Waals surface area contributed by atoms with E-state index in [2.05, 4.69) is 64.2 Å². The maximum absolute atomic E-state index is 6.39. The van der Waals surface area contributed by atoms with Gasteiger partial charge in [-0.1, -0.05) is 36.7 Å². The van der Waals surface area contributed by atoms with Gasteiger partial charge in [0.25, 0.3) is 0 Å². The van der Waals surface area contributed by atoms with Gasteiger partial charge in [0.15, 0.2) is 0 Å². The van der Waals surface area contributed by atoms with E-state index in [-0.39, 0.29) is 6.04 Å². The monoisotopic (exact) mass is 417 g/mol. The van der Waals surface area contributed by atoms with E-state index < -0.39 is 0 Å². The van der Waals surface area contributed by atoms with E-state index in [9.17, 15) is 0 Å². The molecule has 0 aliphatic heterocycles. The number of rotatable bonds is 6. The highest BCUT2D eigenvalue weighted by atomic mass is 127. The summed E-state index contributed by atoms with van der Waals surface area (Å²) in [6, 6.07) is 8.77. The van der Waals surface area contributed by atoms with Crippen LogP contribution in [0.25, 0.3) is 0 Å². The Morgan fingerprint density at radius 3 is 2.67 bits per heavy atom. The first-order valence-corrected chi connectivity index (χ1v) is 8.66. The molecule has 1 aromatic heterocycles. The van der Waals surface area contributed by atoms with Gasteiger partial charge in [-0.25, -0.2) is 0 Å². The van der Waals surface area contributed by atoms with Gasteiger partial charge in [-0.3, -0.25) is 4.68 Å². The van der Waals surface area contributed by atoms with Crippen LogP contribution in [0.3, 0.4) is 0 Å². The van der Waals surface area contributed by atoms with E-state index in [1.807, 2.05) is 14.0 Å². The zero-order chi connectivity index (χ0) is 15.4. The predicted octanol–water partition coefficient (Wildman–Crippen LogP) is 4.27. The summed E-state index contributed by atoms with van der Waals surface area (Å²) in [5, 5.41) is 8.79. The molecule has 0 fully saturated rings. The summed E-state index contributed by atoms with van der Waals surface area (Å²) < 4.78 is 3.03. The highest BCUT2D eigenvalue weighted by molar-refractivity contribution is 14.1. The molecule has 2 rings (SSSR count). The molecule has 0 bridgehead atoms. The molecule has 114 valence electrons. The highest BCUT2D eigenvalue weighted by Gasteiger charge is 2.19. The molecular formula is C16H21ClIN3. The summed E-state index contributed by atoms with van der Waals surface area (Å²) in [6.07, 6.45) is 1.97. The maximum Gasteiger partial charge on any atom is 0.130 e. The minimum absolute atomic E-state index is 0.262. The number of nitrogens with zero attached hydrogens (tertiary/aromatic N) is 2. The van der Waals surface area contributed by atoms with Crippen LogP contribution in [0.5, 0.6) is 0 Å². The van der Waals surface area contributed by atoms with Gasteiger partial charge >= 0.3 is 0 Å². The average molecular weight is 418 g/mol. The lowest BCUT2D eigenvalue weighted by Crippen LogP contribution is -2.25. The molecule has 0 amide bonds. The lowest BCUT2D eigenvalue weighted by atomic mass is 9.99. The molecule has 0 aliphatic rings. The van der Waals surface area contributed by atoms with Crippen molar-refractivity contribution in [2.24, 2.45) is 7.05 Å². The Hall–Kier alpha value is -0.590. The molecule has 0 saturated heterocycles. The van der Waals surface area contributed by atoms with Crippen molar-refractivity contribution in [1.29, 1.82) is 0 Å². The molecule has 0 saturated carbocycles. The molecule has 21 heavy (non-hydrogen) atoms. The number of hydrogen-bond acceptors (Lipinski definition) is 2. The number of aryl methyl sites for hydroxylation is 2. The molecule has 1 atom stereocenters. The standard InChI is InChI=1S/C16H21ClIN3/c1-4-9-19-15(12-7-5-6-8-14(12)18)10-13-11(2)20-21(3)16(13)17/h5-8,15,19H,4,9-10H2,1-3H3. The van der Waals surface area contributed by atoms with E-state index in [1.54, 1.807) is 4.68 Å². The second-order valence-electron chi connectivity index (χ2n) is 5.21. The number of benzene rings is 1. The first kappa shape index (κ1) is 16.8. The van der Waals surface area contributed by atoms with Crippen LogP contribution in [0.1, 0.15) is 36.2 Å². The first-order valence-electron chi connectivity index (χ1n) is 7.20. The third kappa shape index (κ3) is 3.99. The topological polar surface area (TPSA) is 29.9 Å². The Kier molecular flexibility index (Phi) is 6.08. The van der Waals surface area contributed by atoms with Gasteiger partial charge in [0.05, 0.1) is 5.69 Å². The zero-order valence-corrected chi connectivity index (χ0v) is 15.6. The molecule has 1 unspecified atom stereocenters. The lowest BCUT2D eigenvalue weighted by molar-refractivity contribution is 0.526. The summed E-state index contributed by atoms with van der Waals surface area (Å²) in [6.45, 7) is 5.20. The molecule has 5 heteroatoms. The molecule has 0 radical (unpaired) electrons. The zero-order valence-electron chi connectivity index (χ0n) is 12.7. The van der Waals surface area contributed by atoms with Crippen molar-refractivity contribution in [1.82, 2.24) is 15.1 Å². The normalized spacial score (nSPS) is 12.6. The van der Waals surface area contributed by atoms with Crippen LogP contribution in [0.4, 0.5) is 0 Å². The van der Waals surface area contributed by atoms with Crippen LogP contribution >= 0.6 is 34.2 Å². The van der Waals surface area contributed by atoms with Crippen LogP contribution < -0.4 is 5.32 Å². The van der Waals surface area contributed by atoms with Gasteiger partial charge in [-0.2, -0.15) is 5.10 Å². The fourth-order valence-electron chi connectivity index (χ4n) is 2.48. The number of aromatic nitrogens is 2. The third-order valence-electron chi connectivity index (χ3n) is 3.60. The molecule has 3 nitrogen and oxygen atoms in total. The summed E-state index contributed by atoms with van der Waals surface area (Å²) in [7, 11) is 1.89. The second-order valence-corrected chi connectivity index (χ2v) is 6.73. The quantitative estimate of drug-likeness (QED) is 0.711. The SMILES string of the molecule is CCCNC(Cc1c(C)nn(C)c1Cl)c1ccccc1I. The van der Waals surface area contributed by atoms with Crippen molar-refractivity contribution in [2.75, 3.05) is 6.54 Å². The Labute approximate surface area is 145 Å². The second kappa shape index (κ2) is 7.61. The number of nitrogens with one attached hydrogen (secondary N) is 1. The Balaban J connectivity index is 2.31. The van der Waals surface area contributed by atoms with Gasteiger partial charge in [0.1, 0.15) is 5.15 Å². The van der Waals surface area contributed by atoms with Gasteiger partial charge < -0.3 is 5.32 Å². The highest BCUT2D eigenvalue weighted by Crippen LogP contribution is 2.28. The summed E-state index contributed by atoms with van der Waals surface area (Å²) >= 11 is 8.79. The van der Waals surface area contributed by atoms with Crippen molar-refractivity contribution in [3.05, 3.63) is 49.8 Å². The van der Waals surface area contributed by atoms with Crippen LogP contribution in [0, 0.1) is 10.5 Å².